The summed E-state index contributed by atoms with van der Waals surface area (Å²) in [4.78, 5) is 11.1. The molecule has 3 aliphatic rings. The van der Waals surface area contributed by atoms with E-state index in [4.69, 9.17) is 11.0 Å². The Bertz CT molecular complexity index is 1570. The predicted octanol–water partition coefficient (Wildman–Crippen LogP) is 4.30. The fourth-order valence-electron chi connectivity index (χ4n) is 6.57. The van der Waals surface area contributed by atoms with Gasteiger partial charge in [-0.25, -0.2) is 13.8 Å². The number of para-hydroxylation sites is 1. The lowest BCUT2D eigenvalue weighted by Gasteiger charge is -2.43. The van der Waals surface area contributed by atoms with Crippen molar-refractivity contribution in [2.45, 2.75) is 50.1 Å². The number of pyridine rings is 1. The Morgan fingerprint density at radius 3 is 2.60 bits per heavy atom. The maximum atomic E-state index is 14.4. The second-order valence-corrected chi connectivity index (χ2v) is 11.6. The van der Waals surface area contributed by atoms with E-state index in [1.807, 2.05) is 41.3 Å². The van der Waals surface area contributed by atoms with Gasteiger partial charge in [-0.15, -0.1) is 10.2 Å². The fourth-order valence-corrected chi connectivity index (χ4v) is 6.57. The van der Waals surface area contributed by atoms with E-state index < -0.39 is 11.8 Å². The summed E-state index contributed by atoms with van der Waals surface area (Å²) in [5, 5.41) is 27.7. The van der Waals surface area contributed by atoms with Gasteiger partial charge < -0.3 is 20.6 Å². The molecule has 0 amide bonds. The molecule has 11 heteroatoms. The molecule has 2 aromatic heterocycles. The molecule has 3 aliphatic heterocycles. The van der Waals surface area contributed by atoms with Gasteiger partial charge in [0.2, 0.25) is 0 Å². The number of phenols is 1. The van der Waals surface area contributed by atoms with Crippen molar-refractivity contribution < 1.29 is 13.9 Å². The number of rotatable bonds is 5. The Morgan fingerprint density at radius 2 is 1.84 bits per heavy atom. The SMILES string of the molecule is N#CCC1CCN(CC#Cc2cc(N3C4CCC3CN(c3cc(-c5ccccc5O)nnc3N)C4)ccn2)CCC1(F)F. The highest BCUT2D eigenvalue weighted by atomic mass is 19.3. The van der Waals surface area contributed by atoms with Gasteiger partial charge in [-0.3, -0.25) is 4.90 Å². The summed E-state index contributed by atoms with van der Waals surface area (Å²) in [7, 11) is 0. The molecular formula is C32H34F2N8O. The topological polar surface area (TPSA) is 118 Å². The number of aromatic nitrogens is 3. The predicted molar refractivity (Wildman–Crippen MR) is 161 cm³/mol. The molecular weight excluding hydrogens is 550 g/mol. The number of halogens is 2. The van der Waals surface area contributed by atoms with Crippen LogP contribution in [0.4, 0.5) is 26.0 Å². The molecule has 5 heterocycles. The van der Waals surface area contributed by atoms with Gasteiger partial charge >= 0.3 is 0 Å². The molecule has 0 radical (unpaired) electrons. The molecule has 3 fully saturated rings. The number of aromatic hydroxyl groups is 1. The third kappa shape index (κ3) is 6.04. The number of fused-ring (bicyclic) bond motifs is 2. The summed E-state index contributed by atoms with van der Waals surface area (Å²) >= 11 is 0. The van der Waals surface area contributed by atoms with E-state index in [-0.39, 0.29) is 37.2 Å². The number of nitrogens with two attached hydrogens (primary N) is 1. The number of nitrogens with zero attached hydrogens (tertiary/aromatic N) is 7. The first kappa shape index (κ1) is 28.6. The van der Waals surface area contributed by atoms with Crippen molar-refractivity contribution in [3.05, 3.63) is 54.4 Å². The highest BCUT2D eigenvalue weighted by molar-refractivity contribution is 5.74. The molecule has 43 heavy (non-hydrogen) atoms. The van der Waals surface area contributed by atoms with Crippen molar-refractivity contribution >= 4 is 17.2 Å². The fraction of sp³-hybridized carbons (Fsp3) is 0.438. The number of nitrogen functional groups attached to an aromatic ring is 1. The zero-order valence-corrected chi connectivity index (χ0v) is 23.8. The number of phenolic OH excluding ortho intramolecular Hbond substituents is 1. The lowest BCUT2D eigenvalue weighted by molar-refractivity contribution is -0.0595. The summed E-state index contributed by atoms with van der Waals surface area (Å²) in [5.74, 6) is 3.07. The molecule has 0 aliphatic carbocycles. The highest BCUT2D eigenvalue weighted by Crippen LogP contribution is 2.39. The van der Waals surface area contributed by atoms with Gasteiger partial charge in [-0.05, 0) is 62.1 Å². The molecule has 3 saturated heterocycles. The van der Waals surface area contributed by atoms with Crippen LogP contribution in [0.25, 0.3) is 11.3 Å². The zero-order chi connectivity index (χ0) is 30.0. The highest BCUT2D eigenvalue weighted by Gasteiger charge is 2.42. The third-order valence-corrected chi connectivity index (χ3v) is 8.86. The quantitative estimate of drug-likeness (QED) is 0.423. The van der Waals surface area contributed by atoms with Gasteiger partial charge in [-0.1, -0.05) is 18.1 Å². The van der Waals surface area contributed by atoms with Gasteiger partial charge in [0.15, 0.2) is 5.82 Å². The smallest absolute Gasteiger partial charge is 0.253 e. The van der Waals surface area contributed by atoms with Crippen LogP contribution in [0.1, 0.15) is 37.8 Å². The summed E-state index contributed by atoms with van der Waals surface area (Å²) in [6.07, 6.45) is 3.78. The van der Waals surface area contributed by atoms with Crippen LogP contribution in [0.3, 0.4) is 0 Å². The molecule has 3 unspecified atom stereocenters. The second-order valence-electron chi connectivity index (χ2n) is 11.6. The number of piperazine rings is 1. The number of nitriles is 1. The second kappa shape index (κ2) is 12.0. The number of hydrogen-bond donors (Lipinski definition) is 2. The van der Waals surface area contributed by atoms with E-state index in [2.05, 4.69) is 36.8 Å². The number of benzene rings is 1. The normalized spacial score (nSPS) is 23.2. The minimum Gasteiger partial charge on any atom is -0.507 e. The van der Waals surface area contributed by atoms with E-state index in [1.165, 1.54) is 0 Å². The van der Waals surface area contributed by atoms with Crippen LogP contribution in [0.15, 0.2) is 48.7 Å². The van der Waals surface area contributed by atoms with Crippen LogP contribution in [0, 0.1) is 29.1 Å². The molecule has 0 saturated carbocycles. The Hall–Kier alpha value is -4.48. The van der Waals surface area contributed by atoms with Gasteiger partial charge in [0.1, 0.15) is 11.4 Å². The first-order valence-electron chi connectivity index (χ1n) is 14.7. The van der Waals surface area contributed by atoms with E-state index in [1.54, 1.807) is 18.3 Å². The van der Waals surface area contributed by atoms with E-state index >= 15 is 0 Å². The Labute approximate surface area is 249 Å². The molecule has 222 valence electrons. The van der Waals surface area contributed by atoms with Crippen LogP contribution < -0.4 is 15.5 Å². The summed E-state index contributed by atoms with van der Waals surface area (Å²) in [6, 6.07) is 15.4. The van der Waals surface area contributed by atoms with Gasteiger partial charge in [0, 0.05) is 67.9 Å². The van der Waals surface area contributed by atoms with Crippen molar-refractivity contribution in [1.82, 2.24) is 20.1 Å². The summed E-state index contributed by atoms with van der Waals surface area (Å²) < 4.78 is 28.7. The first-order chi connectivity index (χ1) is 20.8. The van der Waals surface area contributed by atoms with Crippen LogP contribution in [-0.4, -0.2) is 75.9 Å². The van der Waals surface area contributed by atoms with Crippen LogP contribution in [0.5, 0.6) is 5.75 Å². The van der Waals surface area contributed by atoms with E-state index in [0.29, 0.717) is 42.3 Å². The van der Waals surface area contributed by atoms with Crippen molar-refractivity contribution in [3.63, 3.8) is 0 Å². The molecule has 0 spiro atoms. The van der Waals surface area contributed by atoms with E-state index in [9.17, 15) is 13.9 Å². The van der Waals surface area contributed by atoms with Crippen LogP contribution >= 0.6 is 0 Å². The zero-order valence-electron chi connectivity index (χ0n) is 23.8. The molecule has 2 bridgehead atoms. The Kier molecular flexibility index (Phi) is 8.00. The first-order valence-corrected chi connectivity index (χ1v) is 14.7. The number of alkyl halides is 2. The molecule has 1 aromatic carbocycles. The molecule has 9 nitrogen and oxygen atoms in total. The van der Waals surface area contributed by atoms with Gasteiger partial charge in [0.05, 0.1) is 24.0 Å². The maximum absolute atomic E-state index is 14.4. The number of anilines is 3. The van der Waals surface area contributed by atoms with Crippen molar-refractivity contribution in [2.24, 2.45) is 5.92 Å². The molecule has 3 aromatic rings. The molecule has 3 N–H and O–H groups in total. The minimum absolute atomic E-state index is 0.119. The average Bonchev–Trinajstić information content (AvgIpc) is 3.18. The standard InChI is InChI=1S/C32H34F2N8O/c33-32(34)12-17-40(16-11-22(32)9-13-35)15-3-4-23-18-24(10-14-37-23)42-25-7-8-26(42)21-41(20-25)29-19-28(38-39-31(29)36)27-5-1-2-6-30(27)43/h1-2,5-6,10,14,18-19,22,25-26,43H,7-9,11-12,15-17,20-21H2,(H2,36,39). The number of likely N-dealkylation sites (tertiary alicyclic amines) is 1. The van der Waals surface area contributed by atoms with Gasteiger partial charge in [-0.2, -0.15) is 5.26 Å². The Morgan fingerprint density at radius 1 is 1.05 bits per heavy atom. The molecule has 6 rings (SSSR count). The average molecular weight is 585 g/mol. The van der Waals surface area contributed by atoms with Gasteiger partial charge in [0.25, 0.3) is 5.92 Å². The largest absolute Gasteiger partial charge is 0.507 e. The van der Waals surface area contributed by atoms with Crippen molar-refractivity contribution in [3.8, 4) is 34.9 Å². The molecule has 3 atom stereocenters. The van der Waals surface area contributed by atoms with Crippen molar-refractivity contribution in [2.75, 3.05) is 48.3 Å². The van der Waals surface area contributed by atoms with Crippen LogP contribution in [-0.2, 0) is 0 Å². The summed E-state index contributed by atoms with van der Waals surface area (Å²) in [6.45, 7) is 2.68. The number of hydrogen-bond acceptors (Lipinski definition) is 9. The maximum Gasteiger partial charge on any atom is 0.253 e. The Balaban J connectivity index is 1.13. The van der Waals surface area contributed by atoms with Crippen LogP contribution in [0.2, 0.25) is 0 Å². The minimum atomic E-state index is -2.82. The monoisotopic (exact) mass is 584 g/mol. The summed E-state index contributed by atoms with van der Waals surface area (Å²) in [5.41, 5.74) is 10.0. The lowest BCUT2D eigenvalue weighted by atomic mass is 9.94. The van der Waals surface area contributed by atoms with E-state index in [0.717, 1.165) is 37.3 Å². The van der Waals surface area contributed by atoms with Crippen molar-refractivity contribution in [1.29, 1.82) is 5.26 Å². The third-order valence-electron chi connectivity index (χ3n) is 8.86. The lowest BCUT2D eigenvalue weighted by Crippen LogP contribution is -2.54.